The first-order chi connectivity index (χ1) is 6.31. The van der Waals surface area contributed by atoms with Crippen molar-refractivity contribution in [3.05, 3.63) is 35.4 Å². The van der Waals surface area contributed by atoms with Crippen LogP contribution in [0, 0.1) is 11.3 Å². The normalized spacial score (nSPS) is 10.9. The van der Waals surface area contributed by atoms with Crippen LogP contribution in [0.5, 0.6) is 0 Å². The molecule has 13 heavy (non-hydrogen) atoms. The monoisotopic (exact) mass is 238 g/mol. The number of alkyl halides is 1. The number of hydrogen-bond acceptors (Lipinski definition) is 3. The molecule has 0 heterocycles. The fourth-order valence-electron chi connectivity index (χ4n) is 0.899. The zero-order chi connectivity index (χ0) is 9.68. The molecular weight excluding hydrogens is 232 g/mol. The topological polar surface area (TPSA) is 56.4 Å². The van der Waals surface area contributed by atoms with Gasteiger partial charge in [-0.2, -0.15) is 5.26 Å². The van der Waals surface area contributed by atoms with E-state index in [9.17, 15) is 0 Å². The summed E-state index contributed by atoms with van der Waals surface area (Å²) < 4.78 is 0. The van der Waals surface area contributed by atoms with Gasteiger partial charge in [0.25, 0.3) is 0 Å². The molecule has 0 aliphatic heterocycles. The fourth-order valence-corrected chi connectivity index (χ4v) is 1.33. The Morgan fingerprint density at radius 2 is 2.08 bits per heavy atom. The summed E-state index contributed by atoms with van der Waals surface area (Å²) in [6.45, 7) is 0. The van der Waals surface area contributed by atoms with Crippen LogP contribution in [0.15, 0.2) is 29.4 Å². The lowest BCUT2D eigenvalue weighted by Gasteiger charge is -1.99. The van der Waals surface area contributed by atoms with Gasteiger partial charge in [-0.25, -0.2) is 0 Å². The van der Waals surface area contributed by atoms with Crippen molar-refractivity contribution in [1.29, 1.82) is 5.26 Å². The van der Waals surface area contributed by atoms with Crippen molar-refractivity contribution in [3.63, 3.8) is 0 Å². The van der Waals surface area contributed by atoms with E-state index in [-0.39, 0.29) is 0 Å². The Hall–Kier alpha value is -1.34. The van der Waals surface area contributed by atoms with Crippen LogP contribution in [0.3, 0.4) is 0 Å². The van der Waals surface area contributed by atoms with Crippen LogP contribution in [0.2, 0.25) is 0 Å². The van der Waals surface area contributed by atoms with Gasteiger partial charge in [-0.05, 0) is 12.1 Å². The Bertz CT molecular complexity index is 351. The van der Waals surface area contributed by atoms with Crippen molar-refractivity contribution in [2.45, 2.75) is 0 Å². The van der Waals surface area contributed by atoms with E-state index in [1.54, 1.807) is 24.3 Å². The molecule has 0 saturated heterocycles. The van der Waals surface area contributed by atoms with Gasteiger partial charge < -0.3 is 5.21 Å². The number of benzene rings is 1. The molecule has 0 saturated carbocycles. The Balaban J connectivity index is 2.99. The highest BCUT2D eigenvalue weighted by Gasteiger charge is 2.01. The lowest BCUT2D eigenvalue weighted by Crippen LogP contribution is -2.01. The lowest BCUT2D eigenvalue weighted by atomic mass is 10.1. The van der Waals surface area contributed by atoms with Gasteiger partial charge in [0, 0.05) is 10.9 Å². The van der Waals surface area contributed by atoms with Crippen molar-refractivity contribution in [2.24, 2.45) is 5.16 Å². The van der Waals surface area contributed by atoms with Crippen LogP contribution in [0.25, 0.3) is 0 Å². The molecule has 66 valence electrons. The minimum Gasteiger partial charge on any atom is -0.411 e. The highest BCUT2D eigenvalue weighted by atomic mass is 79.9. The Labute approximate surface area is 84.4 Å². The minimum atomic E-state index is 0.482. The van der Waals surface area contributed by atoms with E-state index < -0.39 is 0 Å². The van der Waals surface area contributed by atoms with E-state index in [4.69, 9.17) is 10.5 Å². The molecule has 1 N–H and O–H groups in total. The average Bonchev–Trinajstić information content (AvgIpc) is 2.21. The highest BCUT2D eigenvalue weighted by molar-refractivity contribution is 9.09. The summed E-state index contributed by atoms with van der Waals surface area (Å²) >= 11 is 3.19. The fraction of sp³-hybridized carbons (Fsp3) is 0.111. The Kier molecular flexibility index (Phi) is 3.47. The van der Waals surface area contributed by atoms with Crippen molar-refractivity contribution in [1.82, 2.24) is 0 Å². The van der Waals surface area contributed by atoms with Crippen molar-refractivity contribution in [2.75, 3.05) is 5.33 Å². The molecule has 4 heteroatoms. The highest BCUT2D eigenvalue weighted by Crippen LogP contribution is 2.06. The molecule has 1 aromatic carbocycles. The number of oxime groups is 1. The molecule has 0 bridgehead atoms. The van der Waals surface area contributed by atoms with E-state index in [0.29, 0.717) is 16.6 Å². The van der Waals surface area contributed by atoms with Gasteiger partial charge in [0.1, 0.15) is 0 Å². The van der Waals surface area contributed by atoms with Crippen LogP contribution in [-0.4, -0.2) is 16.2 Å². The first kappa shape index (κ1) is 9.75. The predicted octanol–water partition coefficient (Wildman–Crippen LogP) is 2.13. The maximum atomic E-state index is 8.60. The molecule has 0 fully saturated rings. The van der Waals surface area contributed by atoms with Crippen molar-refractivity contribution >= 4 is 21.6 Å². The second-order valence-electron chi connectivity index (χ2n) is 2.37. The number of rotatable bonds is 2. The van der Waals surface area contributed by atoms with Gasteiger partial charge in [0.15, 0.2) is 0 Å². The standard InChI is InChI=1S/C9H7BrN2O/c10-5-9(12-13)8-3-1-7(6-11)2-4-8/h1-4,13H,5H2. The van der Waals surface area contributed by atoms with Crippen LogP contribution >= 0.6 is 15.9 Å². The van der Waals surface area contributed by atoms with Crippen LogP contribution in [0.4, 0.5) is 0 Å². The largest absolute Gasteiger partial charge is 0.411 e. The van der Waals surface area contributed by atoms with Gasteiger partial charge in [0.05, 0.1) is 17.3 Å². The number of nitrogens with zero attached hydrogens (tertiary/aromatic N) is 2. The first-order valence-corrected chi connectivity index (χ1v) is 4.71. The molecule has 0 amide bonds. The predicted molar refractivity (Wildman–Crippen MR) is 53.3 cm³/mol. The number of hydrogen-bond donors (Lipinski definition) is 1. The van der Waals surface area contributed by atoms with Gasteiger partial charge in [0.2, 0.25) is 0 Å². The quantitative estimate of drug-likeness (QED) is 0.372. The maximum Gasteiger partial charge on any atom is 0.0991 e. The van der Waals surface area contributed by atoms with Gasteiger partial charge in [-0.15, -0.1) is 0 Å². The zero-order valence-electron chi connectivity index (χ0n) is 6.74. The number of halogens is 1. The van der Waals surface area contributed by atoms with E-state index in [1.165, 1.54) is 0 Å². The molecule has 0 aliphatic rings. The van der Waals surface area contributed by atoms with Gasteiger partial charge in [-0.3, -0.25) is 0 Å². The molecule has 0 spiro atoms. The molecule has 1 aromatic rings. The summed E-state index contributed by atoms with van der Waals surface area (Å²) in [6.07, 6.45) is 0. The van der Waals surface area contributed by atoms with Crippen molar-refractivity contribution in [3.8, 4) is 6.07 Å². The summed E-state index contributed by atoms with van der Waals surface area (Å²) in [5.74, 6) is 0. The second kappa shape index (κ2) is 4.63. The van der Waals surface area contributed by atoms with Crippen LogP contribution in [0.1, 0.15) is 11.1 Å². The van der Waals surface area contributed by atoms with E-state index in [1.807, 2.05) is 6.07 Å². The molecule has 0 unspecified atom stereocenters. The summed E-state index contributed by atoms with van der Waals surface area (Å²) in [4.78, 5) is 0. The molecule has 0 aliphatic carbocycles. The van der Waals surface area contributed by atoms with E-state index in [0.717, 1.165) is 5.56 Å². The molecule has 3 nitrogen and oxygen atoms in total. The molecule has 1 rings (SSSR count). The molecular formula is C9H7BrN2O. The third-order valence-corrected chi connectivity index (χ3v) is 2.13. The minimum absolute atomic E-state index is 0.482. The maximum absolute atomic E-state index is 8.60. The second-order valence-corrected chi connectivity index (χ2v) is 2.93. The lowest BCUT2D eigenvalue weighted by molar-refractivity contribution is 0.319. The zero-order valence-corrected chi connectivity index (χ0v) is 8.32. The summed E-state index contributed by atoms with van der Waals surface area (Å²) in [5, 5.41) is 20.7. The third-order valence-electron chi connectivity index (χ3n) is 1.59. The SMILES string of the molecule is N#Cc1ccc(C(CBr)=NO)cc1. The van der Waals surface area contributed by atoms with Crippen molar-refractivity contribution < 1.29 is 5.21 Å². The third kappa shape index (κ3) is 2.30. The van der Waals surface area contributed by atoms with E-state index >= 15 is 0 Å². The smallest absolute Gasteiger partial charge is 0.0991 e. The van der Waals surface area contributed by atoms with Crippen LogP contribution in [-0.2, 0) is 0 Å². The molecule has 0 atom stereocenters. The van der Waals surface area contributed by atoms with Crippen LogP contribution < -0.4 is 0 Å². The summed E-state index contributed by atoms with van der Waals surface area (Å²) in [5.41, 5.74) is 1.94. The average molecular weight is 239 g/mol. The van der Waals surface area contributed by atoms with E-state index in [2.05, 4.69) is 21.1 Å². The first-order valence-electron chi connectivity index (χ1n) is 3.59. The Morgan fingerprint density at radius 1 is 1.46 bits per heavy atom. The molecule has 0 radical (unpaired) electrons. The van der Waals surface area contributed by atoms with Gasteiger partial charge >= 0.3 is 0 Å². The Morgan fingerprint density at radius 3 is 2.46 bits per heavy atom. The molecule has 0 aromatic heterocycles. The summed E-state index contributed by atoms with van der Waals surface area (Å²) in [7, 11) is 0. The van der Waals surface area contributed by atoms with Gasteiger partial charge in [-0.1, -0.05) is 33.2 Å². The number of nitriles is 1. The summed E-state index contributed by atoms with van der Waals surface area (Å²) in [6, 6.07) is 8.87.